The van der Waals surface area contributed by atoms with E-state index in [1.807, 2.05) is 4.90 Å². The van der Waals surface area contributed by atoms with Crippen molar-refractivity contribution in [3.63, 3.8) is 0 Å². The molecule has 1 saturated carbocycles. The van der Waals surface area contributed by atoms with Gasteiger partial charge in [0.15, 0.2) is 5.78 Å². The molecule has 0 atom stereocenters. The summed E-state index contributed by atoms with van der Waals surface area (Å²) < 4.78 is 96.4. The number of sulfonamides is 1. The highest BCUT2D eigenvalue weighted by atomic mass is 32.2. The third kappa shape index (κ3) is 7.13. The van der Waals surface area contributed by atoms with Crippen molar-refractivity contribution in [3.8, 4) is 5.75 Å². The van der Waals surface area contributed by atoms with E-state index in [4.69, 9.17) is 0 Å². The van der Waals surface area contributed by atoms with Crippen molar-refractivity contribution in [2.45, 2.75) is 69.7 Å². The number of Topliss-reactive ketones (excluding diaryl/α,β-unsaturated/α-hetero) is 1. The van der Waals surface area contributed by atoms with Crippen LogP contribution in [-0.2, 0) is 10.0 Å². The SMILES string of the molecule is CCCS(=O)(=O)N1CCN(C2(CCC(=O)c3ccccc3OC(F)(F)F)CCC(F)(F)CC2)CC1. The van der Waals surface area contributed by atoms with Crippen molar-refractivity contribution >= 4 is 15.8 Å². The van der Waals surface area contributed by atoms with Crippen molar-refractivity contribution < 1.29 is 39.9 Å². The van der Waals surface area contributed by atoms with Gasteiger partial charge in [0.1, 0.15) is 5.75 Å². The monoisotopic (exact) mass is 526 g/mol. The Morgan fingerprint density at radius 2 is 1.63 bits per heavy atom. The van der Waals surface area contributed by atoms with Gasteiger partial charge in [-0.2, -0.15) is 4.31 Å². The minimum Gasteiger partial charge on any atom is -0.405 e. The van der Waals surface area contributed by atoms with Crippen molar-refractivity contribution in [3.05, 3.63) is 29.8 Å². The first-order valence-electron chi connectivity index (χ1n) is 11.8. The fourth-order valence-electron chi connectivity index (χ4n) is 5.02. The van der Waals surface area contributed by atoms with Gasteiger partial charge in [0, 0.05) is 51.0 Å². The Labute approximate surface area is 202 Å². The summed E-state index contributed by atoms with van der Waals surface area (Å²) in [5, 5.41) is 0. The van der Waals surface area contributed by atoms with Crippen LogP contribution in [0.3, 0.4) is 0 Å². The highest BCUT2D eigenvalue weighted by Crippen LogP contribution is 2.44. The Bertz CT molecular complexity index is 982. The number of carbonyl (C=O) groups is 1. The van der Waals surface area contributed by atoms with Crippen LogP contribution >= 0.6 is 0 Å². The van der Waals surface area contributed by atoms with Crippen LogP contribution in [-0.4, -0.2) is 73.2 Å². The largest absolute Gasteiger partial charge is 0.573 e. The molecule has 6 nitrogen and oxygen atoms in total. The summed E-state index contributed by atoms with van der Waals surface area (Å²) in [5.41, 5.74) is -0.964. The molecular formula is C23H31F5N2O4S. The van der Waals surface area contributed by atoms with Gasteiger partial charge in [-0.1, -0.05) is 19.1 Å². The van der Waals surface area contributed by atoms with E-state index in [2.05, 4.69) is 4.74 Å². The number of rotatable bonds is 9. The third-order valence-electron chi connectivity index (χ3n) is 6.91. The lowest BCUT2D eigenvalue weighted by molar-refractivity contribution is -0.274. The molecule has 0 spiro atoms. The molecule has 2 aliphatic rings. The number of piperazine rings is 1. The molecule has 1 heterocycles. The van der Waals surface area contributed by atoms with Gasteiger partial charge in [-0.15, -0.1) is 13.2 Å². The van der Waals surface area contributed by atoms with Gasteiger partial charge in [0.25, 0.3) is 0 Å². The molecular weight excluding hydrogens is 495 g/mol. The smallest absolute Gasteiger partial charge is 0.405 e. The fourth-order valence-corrected chi connectivity index (χ4v) is 6.52. The summed E-state index contributed by atoms with van der Waals surface area (Å²) in [6.07, 6.45) is -4.90. The zero-order valence-electron chi connectivity index (χ0n) is 19.6. The second-order valence-electron chi connectivity index (χ2n) is 9.25. The molecule has 3 rings (SSSR count). The van der Waals surface area contributed by atoms with Gasteiger partial charge < -0.3 is 4.74 Å². The van der Waals surface area contributed by atoms with E-state index in [1.54, 1.807) is 6.92 Å². The van der Waals surface area contributed by atoms with Crippen LogP contribution < -0.4 is 4.74 Å². The quantitative estimate of drug-likeness (QED) is 0.340. The zero-order valence-corrected chi connectivity index (χ0v) is 20.4. The number of carbonyl (C=O) groups excluding carboxylic acids is 1. The molecule has 1 aliphatic carbocycles. The number of halogens is 5. The summed E-state index contributed by atoms with van der Waals surface area (Å²) in [5.74, 6) is -3.93. The van der Waals surface area contributed by atoms with Crippen LogP contribution in [0.5, 0.6) is 5.75 Å². The standard InChI is InChI=1S/C23H31F5N2O4S/c1-2-17-35(32,33)30-15-13-29(14-16-30)21(9-11-22(24,25)12-10-21)8-7-19(31)18-5-3-4-6-20(18)34-23(26,27)28/h3-6H,2,7-17H2,1H3. The molecule has 0 amide bonds. The average molecular weight is 527 g/mol. The topological polar surface area (TPSA) is 66.9 Å². The predicted octanol–water partition coefficient (Wildman–Crippen LogP) is 4.85. The highest BCUT2D eigenvalue weighted by Gasteiger charge is 2.47. The first kappa shape index (κ1) is 27.8. The van der Waals surface area contributed by atoms with Crippen LogP contribution in [0.2, 0.25) is 0 Å². The number of ether oxygens (including phenoxy) is 1. The number of para-hydroxylation sites is 1. The molecule has 0 N–H and O–H groups in total. The normalized spacial score (nSPS) is 21.5. The lowest BCUT2D eigenvalue weighted by Crippen LogP contribution is -2.60. The van der Waals surface area contributed by atoms with Crippen LogP contribution in [0.1, 0.15) is 62.2 Å². The van der Waals surface area contributed by atoms with Crippen molar-refractivity contribution in [2.75, 3.05) is 31.9 Å². The van der Waals surface area contributed by atoms with E-state index in [-0.39, 0.29) is 62.9 Å². The minimum atomic E-state index is -4.95. The third-order valence-corrected chi connectivity index (χ3v) is 8.98. The van der Waals surface area contributed by atoms with Crippen molar-refractivity contribution in [1.82, 2.24) is 9.21 Å². The van der Waals surface area contributed by atoms with E-state index in [0.29, 0.717) is 19.5 Å². The maximum absolute atomic E-state index is 14.0. The Morgan fingerprint density at radius 1 is 1.03 bits per heavy atom. The number of ketones is 1. The summed E-state index contributed by atoms with van der Waals surface area (Å²) >= 11 is 0. The predicted molar refractivity (Wildman–Crippen MR) is 120 cm³/mol. The molecule has 1 saturated heterocycles. The highest BCUT2D eigenvalue weighted by molar-refractivity contribution is 7.89. The molecule has 0 radical (unpaired) electrons. The van der Waals surface area contributed by atoms with E-state index in [0.717, 1.165) is 6.07 Å². The fraction of sp³-hybridized carbons (Fsp3) is 0.696. The van der Waals surface area contributed by atoms with Gasteiger partial charge in [0.05, 0.1) is 11.3 Å². The number of alkyl halides is 5. The Balaban J connectivity index is 1.74. The maximum Gasteiger partial charge on any atom is 0.573 e. The summed E-state index contributed by atoms with van der Waals surface area (Å²) in [7, 11) is -3.38. The van der Waals surface area contributed by atoms with Gasteiger partial charge >= 0.3 is 6.36 Å². The second-order valence-corrected chi connectivity index (χ2v) is 11.3. The molecule has 0 unspecified atom stereocenters. The van der Waals surface area contributed by atoms with E-state index < -0.39 is 39.4 Å². The molecule has 1 aromatic rings. The maximum atomic E-state index is 14.0. The summed E-state index contributed by atoms with van der Waals surface area (Å²) in [4.78, 5) is 14.9. The number of hydrogen-bond donors (Lipinski definition) is 0. The van der Waals surface area contributed by atoms with Crippen LogP contribution in [0, 0.1) is 0 Å². The Kier molecular flexibility index (Phi) is 8.48. The van der Waals surface area contributed by atoms with Gasteiger partial charge in [0.2, 0.25) is 15.9 Å². The average Bonchev–Trinajstić information content (AvgIpc) is 2.78. The van der Waals surface area contributed by atoms with Crippen molar-refractivity contribution in [2.24, 2.45) is 0 Å². The molecule has 1 aromatic carbocycles. The Hall–Kier alpha value is -1.79. The lowest BCUT2D eigenvalue weighted by Gasteiger charge is -2.51. The van der Waals surface area contributed by atoms with E-state index >= 15 is 0 Å². The molecule has 0 bridgehead atoms. The van der Waals surface area contributed by atoms with Gasteiger partial charge in [-0.25, -0.2) is 17.2 Å². The number of nitrogens with zero attached hydrogens (tertiary/aromatic N) is 2. The lowest BCUT2D eigenvalue weighted by atomic mass is 9.74. The van der Waals surface area contributed by atoms with Gasteiger partial charge in [-0.05, 0) is 37.8 Å². The Morgan fingerprint density at radius 3 is 2.20 bits per heavy atom. The molecule has 1 aliphatic heterocycles. The zero-order chi connectivity index (χ0) is 25.9. The molecule has 12 heteroatoms. The first-order valence-corrected chi connectivity index (χ1v) is 13.4. The van der Waals surface area contributed by atoms with E-state index in [1.165, 1.54) is 22.5 Å². The van der Waals surface area contributed by atoms with Crippen LogP contribution in [0.15, 0.2) is 24.3 Å². The van der Waals surface area contributed by atoms with Crippen LogP contribution in [0.25, 0.3) is 0 Å². The molecule has 35 heavy (non-hydrogen) atoms. The second kappa shape index (κ2) is 10.7. The minimum absolute atomic E-state index is 0.0400. The number of benzene rings is 1. The first-order chi connectivity index (χ1) is 16.3. The van der Waals surface area contributed by atoms with Crippen LogP contribution in [0.4, 0.5) is 22.0 Å². The number of hydrogen-bond acceptors (Lipinski definition) is 5. The van der Waals surface area contributed by atoms with Crippen molar-refractivity contribution in [1.29, 1.82) is 0 Å². The summed E-state index contributed by atoms with van der Waals surface area (Å²) in [6.45, 7) is 2.93. The van der Waals surface area contributed by atoms with Gasteiger partial charge in [-0.3, -0.25) is 9.69 Å². The molecule has 2 fully saturated rings. The molecule has 0 aromatic heterocycles. The summed E-state index contributed by atoms with van der Waals surface area (Å²) in [6, 6.07) is 5.08. The molecule has 198 valence electrons. The van der Waals surface area contributed by atoms with E-state index in [9.17, 15) is 35.2 Å².